The van der Waals surface area contributed by atoms with E-state index in [9.17, 15) is 4.79 Å². The Hall–Kier alpha value is -1.26. The first-order chi connectivity index (χ1) is 7.02. The summed E-state index contributed by atoms with van der Waals surface area (Å²) in [5, 5.41) is 9.07. The summed E-state index contributed by atoms with van der Waals surface area (Å²) in [6, 6.07) is 4.38. The Morgan fingerprint density at radius 1 is 1.60 bits per heavy atom. The highest BCUT2D eigenvalue weighted by molar-refractivity contribution is 6.30. The van der Waals surface area contributed by atoms with Crippen LogP contribution in [0, 0.1) is 0 Å². The summed E-state index contributed by atoms with van der Waals surface area (Å²) in [5.74, 6) is -0.375. The fourth-order valence-corrected chi connectivity index (χ4v) is 1.46. The van der Waals surface area contributed by atoms with E-state index < -0.39 is 12.0 Å². The lowest BCUT2D eigenvalue weighted by Gasteiger charge is -2.11. The summed E-state index contributed by atoms with van der Waals surface area (Å²) in [6.45, 7) is 0. The van der Waals surface area contributed by atoms with Gasteiger partial charge in [0.2, 0.25) is 0 Å². The highest BCUT2D eigenvalue weighted by Crippen LogP contribution is 2.25. The second-order valence-corrected chi connectivity index (χ2v) is 3.57. The molecule has 0 radical (unpaired) electrons. The number of methoxy groups -OCH3 is 1. The smallest absolute Gasteiger partial charge is 0.305 e. The second-order valence-electron chi connectivity index (χ2n) is 3.13. The van der Waals surface area contributed by atoms with Gasteiger partial charge >= 0.3 is 5.97 Å². The zero-order valence-corrected chi connectivity index (χ0v) is 8.99. The van der Waals surface area contributed by atoms with Crippen molar-refractivity contribution in [3.05, 3.63) is 28.8 Å². The van der Waals surface area contributed by atoms with Crippen LogP contribution in [0.15, 0.2) is 18.2 Å². The van der Waals surface area contributed by atoms with Gasteiger partial charge in [0.1, 0.15) is 5.75 Å². The van der Waals surface area contributed by atoms with Crippen molar-refractivity contribution in [1.82, 2.24) is 0 Å². The van der Waals surface area contributed by atoms with Crippen molar-refractivity contribution in [3.63, 3.8) is 0 Å². The molecule has 0 heterocycles. The molecule has 0 unspecified atom stereocenters. The maximum Gasteiger partial charge on any atom is 0.305 e. The molecule has 0 amide bonds. The quantitative estimate of drug-likeness (QED) is 0.826. The normalized spacial score (nSPS) is 12.2. The zero-order chi connectivity index (χ0) is 11.4. The minimum atomic E-state index is -0.943. The average Bonchev–Trinajstić information content (AvgIpc) is 2.15. The molecule has 0 aromatic heterocycles. The van der Waals surface area contributed by atoms with Gasteiger partial charge in [0.15, 0.2) is 0 Å². The van der Waals surface area contributed by atoms with Crippen LogP contribution in [0.1, 0.15) is 18.0 Å². The van der Waals surface area contributed by atoms with Crippen molar-refractivity contribution < 1.29 is 14.6 Å². The van der Waals surface area contributed by atoms with E-state index in [0.29, 0.717) is 16.3 Å². The highest BCUT2D eigenvalue weighted by atomic mass is 35.5. The molecule has 4 nitrogen and oxygen atoms in total. The summed E-state index contributed by atoms with van der Waals surface area (Å²) < 4.78 is 5.00. The number of carboxylic acids is 1. The standard InChI is InChI=1S/C10H12ClNO3/c1-15-8-3-6(2-7(11)4-8)9(12)5-10(13)14/h2-4,9H,5,12H2,1H3,(H,13,14)/t9-/m1/s1. The maximum absolute atomic E-state index is 10.5. The van der Waals surface area contributed by atoms with Gasteiger partial charge < -0.3 is 15.6 Å². The first-order valence-electron chi connectivity index (χ1n) is 4.34. The highest BCUT2D eigenvalue weighted by Gasteiger charge is 2.12. The summed E-state index contributed by atoms with van der Waals surface area (Å²) in [4.78, 5) is 10.5. The monoisotopic (exact) mass is 229 g/mol. The van der Waals surface area contributed by atoms with E-state index in [-0.39, 0.29) is 6.42 Å². The fourth-order valence-electron chi connectivity index (χ4n) is 1.22. The molecular formula is C10H12ClNO3. The van der Waals surface area contributed by atoms with Crippen LogP contribution in [0.3, 0.4) is 0 Å². The molecule has 1 atom stereocenters. The average molecular weight is 230 g/mol. The number of hydrogen-bond donors (Lipinski definition) is 2. The minimum absolute atomic E-state index is 0.135. The van der Waals surface area contributed by atoms with Crippen molar-refractivity contribution >= 4 is 17.6 Å². The van der Waals surface area contributed by atoms with Crippen LogP contribution in [0.25, 0.3) is 0 Å². The van der Waals surface area contributed by atoms with Crippen LogP contribution in [0.2, 0.25) is 5.02 Å². The Balaban J connectivity index is 2.92. The van der Waals surface area contributed by atoms with Gasteiger partial charge in [-0.3, -0.25) is 4.79 Å². The van der Waals surface area contributed by atoms with E-state index >= 15 is 0 Å². The molecule has 0 aliphatic rings. The molecule has 82 valence electrons. The third-order valence-corrected chi connectivity index (χ3v) is 2.17. The van der Waals surface area contributed by atoms with Crippen molar-refractivity contribution in [2.24, 2.45) is 5.73 Å². The number of aliphatic carboxylic acids is 1. The number of hydrogen-bond acceptors (Lipinski definition) is 3. The largest absolute Gasteiger partial charge is 0.497 e. The number of benzene rings is 1. The maximum atomic E-state index is 10.5. The van der Waals surface area contributed by atoms with E-state index in [4.69, 9.17) is 27.2 Å². The Labute approximate surface area is 92.6 Å². The predicted molar refractivity (Wildman–Crippen MR) is 57.2 cm³/mol. The number of carbonyl (C=O) groups is 1. The Bertz CT molecular complexity index is 368. The fraction of sp³-hybridized carbons (Fsp3) is 0.300. The topological polar surface area (TPSA) is 72.5 Å². The first-order valence-corrected chi connectivity index (χ1v) is 4.72. The molecule has 0 aliphatic heterocycles. The summed E-state index contributed by atoms with van der Waals surface area (Å²) in [6.07, 6.45) is -0.135. The number of nitrogens with two attached hydrogens (primary N) is 1. The number of carboxylic acid groups (broad SMARTS) is 1. The van der Waals surface area contributed by atoms with Gasteiger partial charge in [-0.2, -0.15) is 0 Å². The third kappa shape index (κ3) is 3.42. The van der Waals surface area contributed by atoms with Gasteiger partial charge in [-0.15, -0.1) is 0 Å². The van der Waals surface area contributed by atoms with Crippen LogP contribution < -0.4 is 10.5 Å². The summed E-state index contributed by atoms with van der Waals surface area (Å²) >= 11 is 5.83. The number of rotatable bonds is 4. The minimum Gasteiger partial charge on any atom is -0.497 e. The lowest BCUT2D eigenvalue weighted by molar-refractivity contribution is -0.137. The first kappa shape index (κ1) is 11.8. The Kier molecular flexibility index (Phi) is 3.94. The van der Waals surface area contributed by atoms with Crippen molar-refractivity contribution in [2.45, 2.75) is 12.5 Å². The van der Waals surface area contributed by atoms with E-state index in [1.165, 1.54) is 7.11 Å². The van der Waals surface area contributed by atoms with Crippen molar-refractivity contribution in [1.29, 1.82) is 0 Å². The van der Waals surface area contributed by atoms with E-state index in [2.05, 4.69) is 0 Å². The molecule has 0 aliphatic carbocycles. The molecule has 0 saturated carbocycles. The molecule has 3 N–H and O–H groups in total. The lowest BCUT2D eigenvalue weighted by atomic mass is 10.0. The third-order valence-electron chi connectivity index (χ3n) is 1.95. The molecule has 0 fully saturated rings. The summed E-state index contributed by atoms with van der Waals surface area (Å²) in [5.41, 5.74) is 6.35. The molecular weight excluding hydrogens is 218 g/mol. The predicted octanol–water partition coefficient (Wildman–Crippen LogP) is 1.82. The SMILES string of the molecule is COc1cc(Cl)cc([C@H](N)CC(=O)O)c1. The van der Waals surface area contributed by atoms with Gasteiger partial charge in [0, 0.05) is 11.1 Å². The van der Waals surface area contributed by atoms with Crippen LogP contribution in [-0.4, -0.2) is 18.2 Å². The molecule has 1 rings (SSSR count). The number of halogens is 1. The van der Waals surface area contributed by atoms with Crippen LogP contribution in [0.4, 0.5) is 0 Å². The number of ether oxygens (including phenoxy) is 1. The van der Waals surface area contributed by atoms with Gasteiger partial charge in [-0.25, -0.2) is 0 Å². The Morgan fingerprint density at radius 3 is 2.80 bits per heavy atom. The van der Waals surface area contributed by atoms with Crippen LogP contribution >= 0.6 is 11.6 Å². The van der Waals surface area contributed by atoms with Crippen LogP contribution in [-0.2, 0) is 4.79 Å². The molecule has 5 heteroatoms. The van der Waals surface area contributed by atoms with Gasteiger partial charge in [0.05, 0.1) is 13.5 Å². The zero-order valence-electron chi connectivity index (χ0n) is 8.24. The van der Waals surface area contributed by atoms with E-state index in [1.807, 2.05) is 0 Å². The van der Waals surface area contributed by atoms with Crippen LogP contribution in [0.5, 0.6) is 5.75 Å². The molecule has 0 saturated heterocycles. The van der Waals surface area contributed by atoms with Gasteiger partial charge in [-0.05, 0) is 23.8 Å². The van der Waals surface area contributed by atoms with Crippen molar-refractivity contribution in [3.8, 4) is 5.75 Å². The molecule has 0 bridgehead atoms. The Morgan fingerprint density at radius 2 is 2.27 bits per heavy atom. The molecule has 0 spiro atoms. The van der Waals surface area contributed by atoms with Gasteiger partial charge in [-0.1, -0.05) is 11.6 Å². The molecule has 1 aromatic rings. The lowest BCUT2D eigenvalue weighted by Crippen LogP contribution is -2.15. The second kappa shape index (κ2) is 5.00. The van der Waals surface area contributed by atoms with E-state index in [0.717, 1.165) is 0 Å². The molecule has 15 heavy (non-hydrogen) atoms. The molecule has 1 aromatic carbocycles. The van der Waals surface area contributed by atoms with E-state index in [1.54, 1.807) is 18.2 Å². The van der Waals surface area contributed by atoms with Crippen molar-refractivity contribution in [2.75, 3.05) is 7.11 Å². The van der Waals surface area contributed by atoms with Gasteiger partial charge in [0.25, 0.3) is 0 Å². The summed E-state index contributed by atoms with van der Waals surface area (Å²) in [7, 11) is 1.51.